The van der Waals surface area contributed by atoms with Crippen LogP contribution in [0.1, 0.15) is 17.3 Å². The van der Waals surface area contributed by atoms with Crippen LogP contribution in [0.5, 0.6) is 0 Å². The third-order valence-electron chi connectivity index (χ3n) is 2.67. The average Bonchev–Trinajstić information content (AvgIpc) is 2.46. The minimum Gasteiger partial charge on any atom is -0.392 e. The standard InChI is InChI=1S/C15H16N2O2/c1-11(18)8-17-15(19)14-7-13(9-16-10-14)12-5-3-2-4-6-12/h2-7,9-11,18H,8H2,1H3,(H,17,19). The molecule has 0 radical (unpaired) electrons. The summed E-state index contributed by atoms with van der Waals surface area (Å²) in [6.07, 6.45) is 2.68. The van der Waals surface area contributed by atoms with Gasteiger partial charge in [0.25, 0.3) is 5.91 Å². The predicted octanol–water partition coefficient (Wildman–Crippen LogP) is 1.86. The highest BCUT2D eigenvalue weighted by atomic mass is 16.3. The number of rotatable bonds is 4. The van der Waals surface area contributed by atoms with E-state index >= 15 is 0 Å². The number of amides is 1. The van der Waals surface area contributed by atoms with Gasteiger partial charge in [0.1, 0.15) is 0 Å². The quantitative estimate of drug-likeness (QED) is 0.877. The molecule has 1 aromatic carbocycles. The van der Waals surface area contributed by atoms with Gasteiger partial charge >= 0.3 is 0 Å². The zero-order chi connectivity index (χ0) is 13.7. The number of nitrogens with zero attached hydrogens (tertiary/aromatic N) is 1. The molecule has 0 saturated heterocycles. The van der Waals surface area contributed by atoms with Crippen molar-refractivity contribution in [1.29, 1.82) is 0 Å². The van der Waals surface area contributed by atoms with Crippen LogP contribution in [-0.4, -0.2) is 28.6 Å². The summed E-state index contributed by atoms with van der Waals surface area (Å²) < 4.78 is 0. The highest BCUT2D eigenvalue weighted by Gasteiger charge is 2.08. The molecular weight excluding hydrogens is 240 g/mol. The average molecular weight is 256 g/mol. The first-order valence-corrected chi connectivity index (χ1v) is 6.13. The van der Waals surface area contributed by atoms with Gasteiger partial charge in [-0.05, 0) is 18.6 Å². The maximum Gasteiger partial charge on any atom is 0.252 e. The molecule has 19 heavy (non-hydrogen) atoms. The number of aliphatic hydroxyl groups excluding tert-OH is 1. The zero-order valence-electron chi connectivity index (χ0n) is 10.7. The van der Waals surface area contributed by atoms with E-state index in [0.29, 0.717) is 5.56 Å². The van der Waals surface area contributed by atoms with Crippen molar-refractivity contribution in [3.8, 4) is 11.1 Å². The van der Waals surface area contributed by atoms with Gasteiger partial charge in [-0.2, -0.15) is 0 Å². The van der Waals surface area contributed by atoms with Crippen LogP contribution in [0, 0.1) is 0 Å². The Morgan fingerprint density at radius 3 is 2.68 bits per heavy atom. The van der Waals surface area contributed by atoms with Gasteiger partial charge in [0.2, 0.25) is 0 Å². The summed E-state index contributed by atoms with van der Waals surface area (Å²) in [5, 5.41) is 11.8. The number of hydrogen-bond acceptors (Lipinski definition) is 3. The maximum atomic E-state index is 11.9. The van der Waals surface area contributed by atoms with Gasteiger partial charge in [-0.25, -0.2) is 0 Å². The van der Waals surface area contributed by atoms with Gasteiger partial charge in [-0.15, -0.1) is 0 Å². The Balaban J connectivity index is 2.18. The van der Waals surface area contributed by atoms with Crippen molar-refractivity contribution in [1.82, 2.24) is 10.3 Å². The van der Waals surface area contributed by atoms with Crippen molar-refractivity contribution < 1.29 is 9.90 Å². The molecule has 4 heteroatoms. The Morgan fingerprint density at radius 1 is 1.26 bits per heavy atom. The van der Waals surface area contributed by atoms with Crippen molar-refractivity contribution in [3.05, 3.63) is 54.4 Å². The lowest BCUT2D eigenvalue weighted by Gasteiger charge is -2.08. The molecule has 0 aliphatic carbocycles. The molecule has 0 aliphatic rings. The predicted molar refractivity (Wildman–Crippen MR) is 73.7 cm³/mol. The number of hydrogen-bond donors (Lipinski definition) is 2. The second-order valence-corrected chi connectivity index (χ2v) is 4.39. The van der Waals surface area contributed by atoms with E-state index in [1.54, 1.807) is 19.2 Å². The van der Waals surface area contributed by atoms with Crippen LogP contribution in [0.3, 0.4) is 0 Å². The summed E-state index contributed by atoms with van der Waals surface area (Å²) in [6.45, 7) is 1.85. The van der Waals surface area contributed by atoms with Crippen LogP contribution in [0.25, 0.3) is 11.1 Å². The minimum atomic E-state index is -0.561. The Bertz CT molecular complexity index is 553. The summed E-state index contributed by atoms with van der Waals surface area (Å²) in [5.41, 5.74) is 2.40. The van der Waals surface area contributed by atoms with E-state index < -0.39 is 6.10 Å². The normalized spacial score (nSPS) is 11.9. The van der Waals surface area contributed by atoms with E-state index in [9.17, 15) is 4.79 Å². The largest absolute Gasteiger partial charge is 0.392 e. The highest BCUT2D eigenvalue weighted by molar-refractivity contribution is 5.95. The molecule has 98 valence electrons. The van der Waals surface area contributed by atoms with Crippen molar-refractivity contribution in [3.63, 3.8) is 0 Å². The molecule has 4 nitrogen and oxygen atoms in total. The topological polar surface area (TPSA) is 62.2 Å². The van der Waals surface area contributed by atoms with Gasteiger partial charge in [0.05, 0.1) is 11.7 Å². The van der Waals surface area contributed by atoms with Gasteiger partial charge in [0.15, 0.2) is 0 Å². The maximum absolute atomic E-state index is 11.9. The van der Waals surface area contributed by atoms with E-state index in [-0.39, 0.29) is 12.5 Å². The molecule has 1 unspecified atom stereocenters. The lowest BCUT2D eigenvalue weighted by Crippen LogP contribution is -2.30. The smallest absolute Gasteiger partial charge is 0.252 e. The molecule has 1 heterocycles. The molecular formula is C15H16N2O2. The van der Waals surface area contributed by atoms with Gasteiger partial charge in [-0.3, -0.25) is 9.78 Å². The van der Waals surface area contributed by atoms with Crippen molar-refractivity contribution >= 4 is 5.91 Å². The molecule has 0 spiro atoms. The summed E-state index contributed by atoms with van der Waals surface area (Å²) in [6, 6.07) is 11.5. The molecule has 1 atom stereocenters. The van der Waals surface area contributed by atoms with Crippen molar-refractivity contribution in [2.24, 2.45) is 0 Å². The summed E-state index contributed by atoms with van der Waals surface area (Å²) in [7, 11) is 0. The Morgan fingerprint density at radius 2 is 2.00 bits per heavy atom. The van der Waals surface area contributed by atoms with Crippen molar-refractivity contribution in [2.75, 3.05) is 6.54 Å². The molecule has 0 saturated carbocycles. The summed E-state index contributed by atoms with van der Waals surface area (Å²) in [4.78, 5) is 16.0. The number of carbonyl (C=O) groups excluding carboxylic acids is 1. The third-order valence-corrected chi connectivity index (χ3v) is 2.67. The first-order chi connectivity index (χ1) is 9.16. The van der Waals surface area contributed by atoms with Crippen LogP contribution in [0.4, 0.5) is 0 Å². The van der Waals surface area contributed by atoms with Crippen LogP contribution in [0.2, 0.25) is 0 Å². The number of aromatic nitrogens is 1. The Labute approximate surface area is 112 Å². The van der Waals surface area contributed by atoms with Gasteiger partial charge in [0, 0.05) is 24.5 Å². The fourth-order valence-electron chi connectivity index (χ4n) is 1.70. The van der Waals surface area contributed by atoms with Crippen LogP contribution in [-0.2, 0) is 0 Å². The molecule has 1 aromatic heterocycles. The molecule has 2 rings (SSSR count). The lowest BCUT2D eigenvalue weighted by molar-refractivity contribution is 0.0923. The van der Waals surface area contributed by atoms with Gasteiger partial charge < -0.3 is 10.4 Å². The SMILES string of the molecule is CC(O)CNC(=O)c1cncc(-c2ccccc2)c1. The number of benzene rings is 1. The van der Waals surface area contributed by atoms with E-state index in [0.717, 1.165) is 11.1 Å². The summed E-state index contributed by atoms with van der Waals surface area (Å²) in [5.74, 6) is -0.230. The molecule has 2 N–H and O–H groups in total. The minimum absolute atomic E-state index is 0.230. The Hall–Kier alpha value is -2.20. The van der Waals surface area contributed by atoms with Crippen molar-refractivity contribution in [2.45, 2.75) is 13.0 Å². The second-order valence-electron chi connectivity index (χ2n) is 4.39. The van der Waals surface area contributed by atoms with E-state index in [1.807, 2.05) is 30.3 Å². The molecule has 0 bridgehead atoms. The van der Waals surface area contributed by atoms with Gasteiger partial charge in [-0.1, -0.05) is 30.3 Å². The first-order valence-electron chi connectivity index (χ1n) is 6.13. The number of aliphatic hydroxyl groups is 1. The fourth-order valence-corrected chi connectivity index (χ4v) is 1.70. The number of carbonyl (C=O) groups is 1. The lowest BCUT2D eigenvalue weighted by atomic mass is 10.1. The zero-order valence-corrected chi connectivity index (χ0v) is 10.7. The molecule has 0 aliphatic heterocycles. The second kappa shape index (κ2) is 6.11. The summed E-state index contributed by atoms with van der Waals surface area (Å²) >= 11 is 0. The van der Waals surface area contributed by atoms with E-state index in [4.69, 9.17) is 5.11 Å². The number of nitrogens with one attached hydrogen (secondary N) is 1. The highest BCUT2D eigenvalue weighted by Crippen LogP contribution is 2.18. The van der Waals surface area contributed by atoms with Crippen LogP contribution in [0.15, 0.2) is 48.8 Å². The first kappa shape index (κ1) is 13.2. The third kappa shape index (κ3) is 3.63. The van der Waals surface area contributed by atoms with E-state index in [1.165, 1.54) is 6.20 Å². The fraction of sp³-hybridized carbons (Fsp3) is 0.200. The monoisotopic (exact) mass is 256 g/mol. The molecule has 2 aromatic rings. The molecule has 0 fully saturated rings. The molecule has 1 amide bonds. The number of pyridine rings is 1. The van der Waals surface area contributed by atoms with E-state index in [2.05, 4.69) is 10.3 Å². The van der Waals surface area contributed by atoms with Crippen LogP contribution < -0.4 is 5.32 Å². The van der Waals surface area contributed by atoms with Crippen LogP contribution >= 0.6 is 0 Å². The Kier molecular flexibility index (Phi) is 4.26.